The molecule has 2 heterocycles. The Kier molecular flexibility index (Phi) is 5.22. The summed E-state index contributed by atoms with van der Waals surface area (Å²) < 4.78 is 10.6. The minimum atomic E-state index is -1.23. The number of rotatable bonds is 5. The molecule has 6 nitrogen and oxygen atoms in total. The van der Waals surface area contributed by atoms with E-state index in [1.807, 2.05) is 0 Å². The molecule has 0 fully saturated rings. The number of carbonyl (C=O) groups excluding carboxylic acids is 2. The van der Waals surface area contributed by atoms with Crippen LogP contribution in [0.2, 0.25) is 0 Å². The number of carbonyl (C=O) groups is 2. The molecule has 6 heteroatoms. The highest BCUT2D eigenvalue weighted by atomic mass is 16.6. The van der Waals surface area contributed by atoms with Gasteiger partial charge in [0.25, 0.3) is 0 Å². The van der Waals surface area contributed by atoms with Crippen LogP contribution in [0, 0.1) is 6.92 Å². The standard InChI is InChI=1S/C20H18N2O4/c1-3-25-20(24)18(17-13(2)7-5-12-22-17)26-19(23)15-8-4-10-16-14(15)9-6-11-21-16/h4-12,18H,3H2,1-2H3. The Morgan fingerprint density at radius 3 is 2.58 bits per heavy atom. The maximum absolute atomic E-state index is 12.8. The minimum Gasteiger partial charge on any atom is -0.463 e. The molecule has 2 aromatic heterocycles. The molecular weight excluding hydrogens is 332 g/mol. The first-order valence-corrected chi connectivity index (χ1v) is 8.24. The third-order valence-electron chi connectivity index (χ3n) is 3.89. The number of aromatic nitrogens is 2. The highest BCUT2D eigenvalue weighted by Crippen LogP contribution is 2.24. The molecule has 0 aliphatic heterocycles. The fourth-order valence-corrected chi connectivity index (χ4v) is 2.66. The van der Waals surface area contributed by atoms with E-state index in [0.717, 1.165) is 5.56 Å². The lowest BCUT2D eigenvalue weighted by molar-refractivity contribution is -0.154. The van der Waals surface area contributed by atoms with E-state index in [0.29, 0.717) is 22.2 Å². The molecule has 0 saturated carbocycles. The van der Waals surface area contributed by atoms with Crippen LogP contribution in [0.4, 0.5) is 0 Å². The van der Waals surface area contributed by atoms with Crippen molar-refractivity contribution in [1.29, 1.82) is 0 Å². The van der Waals surface area contributed by atoms with Crippen molar-refractivity contribution < 1.29 is 19.1 Å². The Bertz CT molecular complexity index is 950. The van der Waals surface area contributed by atoms with Crippen LogP contribution >= 0.6 is 0 Å². The highest BCUT2D eigenvalue weighted by molar-refractivity contribution is 6.04. The summed E-state index contributed by atoms with van der Waals surface area (Å²) in [6.45, 7) is 3.67. The first-order valence-electron chi connectivity index (χ1n) is 8.24. The van der Waals surface area contributed by atoms with Crippen LogP contribution in [-0.2, 0) is 14.3 Å². The van der Waals surface area contributed by atoms with Gasteiger partial charge in [-0.2, -0.15) is 0 Å². The number of fused-ring (bicyclic) bond motifs is 1. The van der Waals surface area contributed by atoms with E-state index in [1.165, 1.54) is 0 Å². The van der Waals surface area contributed by atoms with Gasteiger partial charge in [0, 0.05) is 17.8 Å². The van der Waals surface area contributed by atoms with E-state index in [9.17, 15) is 9.59 Å². The normalized spacial score (nSPS) is 11.8. The summed E-state index contributed by atoms with van der Waals surface area (Å²) in [5, 5.41) is 0.653. The molecule has 132 valence electrons. The number of benzene rings is 1. The van der Waals surface area contributed by atoms with Gasteiger partial charge in [-0.1, -0.05) is 18.2 Å². The van der Waals surface area contributed by atoms with Crippen molar-refractivity contribution in [3.63, 3.8) is 0 Å². The fourth-order valence-electron chi connectivity index (χ4n) is 2.66. The van der Waals surface area contributed by atoms with E-state index < -0.39 is 18.0 Å². The smallest absolute Gasteiger partial charge is 0.353 e. The summed E-state index contributed by atoms with van der Waals surface area (Å²) >= 11 is 0. The van der Waals surface area contributed by atoms with Gasteiger partial charge in [0.2, 0.25) is 6.10 Å². The van der Waals surface area contributed by atoms with Crippen molar-refractivity contribution in [3.8, 4) is 0 Å². The first kappa shape index (κ1) is 17.5. The Morgan fingerprint density at radius 2 is 1.81 bits per heavy atom. The minimum absolute atomic E-state index is 0.178. The fraction of sp³-hybridized carbons (Fsp3) is 0.200. The number of hydrogen-bond donors (Lipinski definition) is 0. The van der Waals surface area contributed by atoms with Gasteiger partial charge in [-0.25, -0.2) is 9.59 Å². The van der Waals surface area contributed by atoms with Crippen LogP contribution in [0.25, 0.3) is 10.9 Å². The lowest BCUT2D eigenvalue weighted by Crippen LogP contribution is -2.24. The molecule has 0 aliphatic rings. The van der Waals surface area contributed by atoms with Crippen molar-refractivity contribution >= 4 is 22.8 Å². The molecule has 0 amide bonds. The first-order chi connectivity index (χ1) is 12.6. The van der Waals surface area contributed by atoms with Crippen molar-refractivity contribution in [3.05, 3.63) is 71.7 Å². The van der Waals surface area contributed by atoms with E-state index in [4.69, 9.17) is 9.47 Å². The zero-order valence-corrected chi connectivity index (χ0v) is 14.5. The summed E-state index contributed by atoms with van der Waals surface area (Å²) in [6, 6.07) is 12.2. The zero-order chi connectivity index (χ0) is 18.5. The molecule has 1 atom stereocenters. The van der Waals surface area contributed by atoms with Gasteiger partial charge in [0.15, 0.2) is 0 Å². The zero-order valence-electron chi connectivity index (χ0n) is 14.5. The molecule has 0 bridgehead atoms. The summed E-state index contributed by atoms with van der Waals surface area (Å²) in [6.07, 6.45) is 1.97. The number of aryl methyl sites for hydroxylation is 1. The van der Waals surface area contributed by atoms with E-state index in [2.05, 4.69) is 9.97 Å². The lowest BCUT2D eigenvalue weighted by Gasteiger charge is -2.18. The van der Waals surface area contributed by atoms with E-state index in [-0.39, 0.29) is 6.61 Å². The van der Waals surface area contributed by atoms with Crippen molar-refractivity contribution in [2.24, 2.45) is 0 Å². The number of hydrogen-bond acceptors (Lipinski definition) is 6. The highest BCUT2D eigenvalue weighted by Gasteiger charge is 2.30. The molecule has 26 heavy (non-hydrogen) atoms. The van der Waals surface area contributed by atoms with Crippen LogP contribution in [-0.4, -0.2) is 28.5 Å². The lowest BCUT2D eigenvalue weighted by atomic mass is 10.1. The van der Waals surface area contributed by atoms with Gasteiger partial charge in [0.05, 0.1) is 23.4 Å². The monoisotopic (exact) mass is 350 g/mol. The summed E-state index contributed by atoms with van der Waals surface area (Å²) in [5.74, 6) is -1.28. The number of pyridine rings is 2. The van der Waals surface area contributed by atoms with Crippen molar-refractivity contribution in [1.82, 2.24) is 9.97 Å². The third-order valence-corrected chi connectivity index (χ3v) is 3.89. The summed E-state index contributed by atoms with van der Waals surface area (Å²) in [5.41, 5.74) is 2.10. The van der Waals surface area contributed by atoms with Gasteiger partial charge in [-0.3, -0.25) is 9.97 Å². The summed E-state index contributed by atoms with van der Waals surface area (Å²) in [7, 11) is 0. The SMILES string of the molecule is CCOC(=O)C(OC(=O)c1cccc2ncccc12)c1ncccc1C. The molecule has 1 aromatic carbocycles. The predicted molar refractivity (Wildman–Crippen MR) is 95.5 cm³/mol. The molecule has 0 saturated heterocycles. The maximum atomic E-state index is 12.8. The number of esters is 2. The topological polar surface area (TPSA) is 78.4 Å². The van der Waals surface area contributed by atoms with Gasteiger partial charge >= 0.3 is 11.9 Å². The third kappa shape index (κ3) is 3.54. The predicted octanol–water partition coefficient (Wildman–Crippen LogP) is 3.40. The van der Waals surface area contributed by atoms with Gasteiger partial charge < -0.3 is 9.47 Å². The molecule has 0 radical (unpaired) electrons. The average molecular weight is 350 g/mol. The van der Waals surface area contributed by atoms with Crippen molar-refractivity contribution in [2.75, 3.05) is 6.61 Å². The Balaban J connectivity index is 1.97. The second-order valence-corrected chi connectivity index (χ2v) is 5.62. The van der Waals surface area contributed by atoms with Gasteiger partial charge in [-0.15, -0.1) is 0 Å². The average Bonchev–Trinajstić information content (AvgIpc) is 2.66. The van der Waals surface area contributed by atoms with Crippen LogP contribution < -0.4 is 0 Å². The van der Waals surface area contributed by atoms with Gasteiger partial charge in [-0.05, 0) is 43.7 Å². The van der Waals surface area contributed by atoms with E-state index in [1.54, 1.807) is 68.7 Å². The quantitative estimate of drug-likeness (QED) is 0.656. The number of nitrogens with zero attached hydrogens (tertiary/aromatic N) is 2. The molecule has 0 aliphatic carbocycles. The van der Waals surface area contributed by atoms with Crippen molar-refractivity contribution in [2.45, 2.75) is 20.0 Å². The molecule has 3 rings (SSSR count). The van der Waals surface area contributed by atoms with Gasteiger partial charge in [0.1, 0.15) is 0 Å². The van der Waals surface area contributed by atoms with Crippen LogP contribution in [0.3, 0.4) is 0 Å². The molecule has 0 spiro atoms. The van der Waals surface area contributed by atoms with Crippen LogP contribution in [0.5, 0.6) is 0 Å². The Hall–Kier alpha value is -3.28. The Morgan fingerprint density at radius 1 is 1.04 bits per heavy atom. The molecule has 0 N–H and O–H groups in total. The molecule has 1 unspecified atom stereocenters. The largest absolute Gasteiger partial charge is 0.463 e. The second-order valence-electron chi connectivity index (χ2n) is 5.62. The summed E-state index contributed by atoms with van der Waals surface area (Å²) in [4.78, 5) is 33.6. The maximum Gasteiger partial charge on any atom is 0.353 e. The van der Waals surface area contributed by atoms with Crippen LogP contribution in [0.1, 0.15) is 34.6 Å². The number of ether oxygens (including phenoxy) is 2. The van der Waals surface area contributed by atoms with E-state index >= 15 is 0 Å². The second kappa shape index (κ2) is 7.74. The molecular formula is C20H18N2O4. The molecule has 3 aromatic rings. The Labute approximate surface area is 150 Å². The van der Waals surface area contributed by atoms with Crippen LogP contribution in [0.15, 0.2) is 54.9 Å².